The van der Waals surface area contributed by atoms with Crippen LogP contribution in [0.2, 0.25) is 0 Å². The van der Waals surface area contributed by atoms with Gasteiger partial charge in [0, 0.05) is 6.61 Å². The lowest BCUT2D eigenvalue weighted by Crippen LogP contribution is -2.44. The van der Waals surface area contributed by atoms with Crippen molar-refractivity contribution in [3.8, 4) is 5.75 Å². The van der Waals surface area contributed by atoms with Crippen molar-refractivity contribution in [1.29, 1.82) is 0 Å². The van der Waals surface area contributed by atoms with Crippen molar-refractivity contribution in [2.24, 2.45) is 0 Å². The van der Waals surface area contributed by atoms with Crippen molar-refractivity contribution in [2.45, 2.75) is 38.1 Å². The molecule has 2 aliphatic heterocycles. The van der Waals surface area contributed by atoms with Gasteiger partial charge in [-0.25, -0.2) is 0 Å². The molecule has 5 heteroatoms. The zero-order chi connectivity index (χ0) is 14.8. The normalized spacial score (nSPS) is 27.1. The van der Waals surface area contributed by atoms with E-state index in [2.05, 4.69) is 12.2 Å². The van der Waals surface area contributed by atoms with Crippen LogP contribution in [0.3, 0.4) is 0 Å². The maximum Gasteiger partial charge on any atom is 0.238 e. The SMILES string of the molecule is COc1ccc(C2NCC(=O)N2C(C)C2CCCO2)cc1. The number of carbonyl (C=O) groups excluding carboxylic acids is 1. The van der Waals surface area contributed by atoms with Gasteiger partial charge >= 0.3 is 0 Å². The van der Waals surface area contributed by atoms with Crippen molar-refractivity contribution in [1.82, 2.24) is 10.2 Å². The molecule has 3 unspecified atom stereocenters. The highest BCUT2D eigenvalue weighted by Gasteiger charge is 2.39. The molecule has 3 atom stereocenters. The summed E-state index contributed by atoms with van der Waals surface area (Å²) < 4.78 is 10.9. The topological polar surface area (TPSA) is 50.8 Å². The Bertz CT molecular complexity index is 497. The van der Waals surface area contributed by atoms with E-state index in [-0.39, 0.29) is 24.2 Å². The molecule has 3 rings (SSSR count). The minimum absolute atomic E-state index is 0.0809. The number of hydrogen-bond donors (Lipinski definition) is 1. The summed E-state index contributed by atoms with van der Waals surface area (Å²) >= 11 is 0. The van der Waals surface area contributed by atoms with E-state index in [9.17, 15) is 4.79 Å². The third-order valence-electron chi connectivity index (χ3n) is 4.39. The predicted molar refractivity (Wildman–Crippen MR) is 79.0 cm³/mol. The Kier molecular flexibility index (Phi) is 4.12. The molecule has 0 saturated carbocycles. The fourth-order valence-electron chi connectivity index (χ4n) is 3.21. The van der Waals surface area contributed by atoms with Crippen molar-refractivity contribution in [3.05, 3.63) is 29.8 Å². The van der Waals surface area contributed by atoms with Gasteiger partial charge in [0.1, 0.15) is 11.9 Å². The summed E-state index contributed by atoms with van der Waals surface area (Å²) in [5.41, 5.74) is 1.08. The predicted octanol–water partition coefficient (Wildman–Crippen LogP) is 1.69. The molecular weight excluding hydrogens is 268 g/mol. The van der Waals surface area contributed by atoms with Gasteiger partial charge in [0.2, 0.25) is 5.91 Å². The lowest BCUT2D eigenvalue weighted by molar-refractivity contribution is -0.132. The number of rotatable bonds is 4. The van der Waals surface area contributed by atoms with E-state index >= 15 is 0 Å². The van der Waals surface area contributed by atoms with Crippen molar-refractivity contribution < 1.29 is 14.3 Å². The first-order valence-electron chi connectivity index (χ1n) is 7.51. The zero-order valence-electron chi connectivity index (χ0n) is 12.5. The molecule has 0 bridgehead atoms. The highest BCUT2D eigenvalue weighted by Crippen LogP contribution is 2.30. The molecule has 1 N–H and O–H groups in total. The minimum Gasteiger partial charge on any atom is -0.497 e. The van der Waals surface area contributed by atoms with Gasteiger partial charge in [-0.05, 0) is 37.5 Å². The van der Waals surface area contributed by atoms with Crippen LogP contribution in [0.4, 0.5) is 0 Å². The van der Waals surface area contributed by atoms with Crippen molar-refractivity contribution in [2.75, 3.05) is 20.3 Å². The van der Waals surface area contributed by atoms with Crippen molar-refractivity contribution in [3.63, 3.8) is 0 Å². The molecule has 1 aromatic carbocycles. The second-order valence-electron chi connectivity index (χ2n) is 5.65. The van der Waals surface area contributed by atoms with Crippen LogP contribution in [0.5, 0.6) is 5.75 Å². The second-order valence-corrected chi connectivity index (χ2v) is 5.65. The number of nitrogens with zero attached hydrogens (tertiary/aromatic N) is 1. The Labute approximate surface area is 125 Å². The number of amides is 1. The third-order valence-corrected chi connectivity index (χ3v) is 4.39. The molecule has 114 valence electrons. The largest absolute Gasteiger partial charge is 0.497 e. The van der Waals surface area contributed by atoms with Crippen LogP contribution in [0.25, 0.3) is 0 Å². The van der Waals surface area contributed by atoms with Crippen LogP contribution >= 0.6 is 0 Å². The highest BCUT2D eigenvalue weighted by molar-refractivity contribution is 5.81. The van der Waals surface area contributed by atoms with E-state index in [1.165, 1.54) is 0 Å². The van der Waals surface area contributed by atoms with E-state index in [0.717, 1.165) is 30.8 Å². The highest BCUT2D eigenvalue weighted by atomic mass is 16.5. The number of benzene rings is 1. The third kappa shape index (κ3) is 2.76. The van der Waals surface area contributed by atoms with Crippen molar-refractivity contribution >= 4 is 5.91 Å². The average Bonchev–Trinajstić information content (AvgIpc) is 3.16. The molecule has 2 fully saturated rings. The van der Waals surface area contributed by atoms with Gasteiger partial charge in [0.05, 0.1) is 25.8 Å². The molecule has 2 aliphatic rings. The fraction of sp³-hybridized carbons (Fsp3) is 0.562. The summed E-state index contributed by atoms with van der Waals surface area (Å²) in [6, 6.07) is 7.94. The van der Waals surface area contributed by atoms with E-state index in [1.807, 2.05) is 29.2 Å². The second kappa shape index (κ2) is 6.03. The van der Waals surface area contributed by atoms with Gasteiger partial charge in [0.15, 0.2) is 0 Å². The first-order chi connectivity index (χ1) is 10.2. The molecular formula is C16H22N2O3. The molecule has 5 nitrogen and oxygen atoms in total. The number of methoxy groups -OCH3 is 1. The van der Waals surface area contributed by atoms with E-state index in [4.69, 9.17) is 9.47 Å². The smallest absolute Gasteiger partial charge is 0.238 e. The molecule has 0 aromatic heterocycles. The number of nitrogens with one attached hydrogen (secondary N) is 1. The summed E-state index contributed by atoms with van der Waals surface area (Å²) in [5, 5.41) is 3.29. The lowest BCUT2D eigenvalue weighted by Gasteiger charge is -2.33. The molecule has 0 aliphatic carbocycles. The van der Waals surface area contributed by atoms with Crippen LogP contribution in [0, 0.1) is 0 Å². The quantitative estimate of drug-likeness (QED) is 0.917. The molecule has 21 heavy (non-hydrogen) atoms. The molecule has 1 amide bonds. The first kappa shape index (κ1) is 14.4. The molecule has 0 spiro atoms. The van der Waals surface area contributed by atoms with Crippen LogP contribution in [-0.2, 0) is 9.53 Å². The summed E-state index contributed by atoms with van der Waals surface area (Å²) in [7, 11) is 1.65. The van der Waals surface area contributed by atoms with E-state index in [0.29, 0.717) is 6.54 Å². The Morgan fingerprint density at radius 2 is 2.14 bits per heavy atom. The maximum atomic E-state index is 12.3. The average molecular weight is 290 g/mol. The van der Waals surface area contributed by atoms with Crippen LogP contribution in [0.15, 0.2) is 24.3 Å². The molecule has 2 heterocycles. The molecule has 0 radical (unpaired) electrons. The van der Waals surface area contributed by atoms with E-state index < -0.39 is 0 Å². The van der Waals surface area contributed by atoms with E-state index in [1.54, 1.807) is 7.11 Å². The molecule has 2 saturated heterocycles. The van der Waals surface area contributed by atoms with Crippen LogP contribution < -0.4 is 10.1 Å². The van der Waals surface area contributed by atoms with Gasteiger partial charge in [-0.1, -0.05) is 12.1 Å². The van der Waals surface area contributed by atoms with Gasteiger partial charge in [-0.3, -0.25) is 10.1 Å². The first-order valence-corrected chi connectivity index (χ1v) is 7.51. The summed E-state index contributed by atoms with van der Waals surface area (Å²) in [5.74, 6) is 0.959. The Morgan fingerprint density at radius 3 is 2.76 bits per heavy atom. The fourth-order valence-corrected chi connectivity index (χ4v) is 3.21. The summed E-state index contributed by atoms with van der Waals surface area (Å²) in [6.07, 6.45) is 2.18. The van der Waals surface area contributed by atoms with Gasteiger partial charge < -0.3 is 14.4 Å². The number of carbonyl (C=O) groups is 1. The summed E-state index contributed by atoms with van der Waals surface area (Å²) in [6.45, 7) is 3.27. The zero-order valence-corrected chi connectivity index (χ0v) is 12.5. The molecule has 1 aromatic rings. The Hall–Kier alpha value is -1.59. The summed E-state index contributed by atoms with van der Waals surface area (Å²) in [4.78, 5) is 14.2. The minimum atomic E-state index is -0.0809. The number of hydrogen-bond acceptors (Lipinski definition) is 4. The van der Waals surface area contributed by atoms with Gasteiger partial charge in [0.25, 0.3) is 0 Å². The van der Waals surface area contributed by atoms with Gasteiger partial charge in [-0.15, -0.1) is 0 Å². The maximum absolute atomic E-state index is 12.3. The van der Waals surface area contributed by atoms with Gasteiger partial charge in [-0.2, -0.15) is 0 Å². The Morgan fingerprint density at radius 1 is 1.38 bits per heavy atom. The van der Waals surface area contributed by atoms with Crippen LogP contribution in [0.1, 0.15) is 31.5 Å². The van der Waals surface area contributed by atoms with Crippen LogP contribution in [-0.4, -0.2) is 43.2 Å². The Balaban J connectivity index is 1.80. The number of ether oxygens (including phenoxy) is 2. The standard InChI is InChI=1S/C16H22N2O3/c1-11(14-4-3-9-21-14)18-15(19)10-17-16(18)12-5-7-13(20-2)8-6-12/h5-8,11,14,16-17H,3-4,9-10H2,1-2H3. The lowest BCUT2D eigenvalue weighted by atomic mass is 10.1. The monoisotopic (exact) mass is 290 g/mol.